The van der Waals surface area contributed by atoms with Crippen molar-refractivity contribution in [3.05, 3.63) is 72.9 Å². The van der Waals surface area contributed by atoms with Gasteiger partial charge in [0.15, 0.2) is 0 Å². The Morgan fingerprint density at radius 1 is 0.692 bits per heavy atom. The molecule has 9 heteroatoms. The van der Waals surface area contributed by atoms with E-state index in [0.717, 1.165) is 77.0 Å². The largest absolute Gasteiger partial charge is 0.756 e. The summed E-state index contributed by atoms with van der Waals surface area (Å²) in [6.45, 7) is 4.44. The molecule has 0 aliphatic heterocycles. The molecule has 1 amide bonds. The van der Waals surface area contributed by atoms with Gasteiger partial charge in [0, 0.05) is 6.42 Å². The molecule has 0 rings (SSSR count). The number of hydrogen-bond acceptors (Lipinski definition) is 6. The second-order valence-electron chi connectivity index (χ2n) is 14.6. The van der Waals surface area contributed by atoms with E-state index >= 15 is 0 Å². The predicted octanol–water partition coefficient (Wildman–Crippen LogP) is 10.2. The van der Waals surface area contributed by atoms with Gasteiger partial charge in [-0.05, 0) is 70.6 Å². The number of rotatable bonds is 35. The van der Waals surface area contributed by atoms with Crippen LogP contribution in [0.2, 0.25) is 0 Å². The van der Waals surface area contributed by atoms with E-state index in [-0.39, 0.29) is 12.5 Å². The first-order chi connectivity index (χ1) is 25.0. The molecular formula is C43H77N2O6P. The highest BCUT2D eigenvalue weighted by molar-refractivity contribution is 7.45. The summed E-state index contributed by atoms with van der Waals surface area (Å²) in [5.41, 5.74) is 0. The topological polar surface area (TPSA) is 108 Å². The number of carbonyl (C=O) groups is 1. The Morgan fingerprint density at radius 3 is 1.79 bits per heavy atom. The van der Waals surface area contributed by atoms with Crippen LogP contribution in [0.15, 0.2) is 72.9 Å². The lowest BCUT2D eigenvalue weighted by molar-refractivity contribution is -0.870. The highest BCUT2D eigenvalue weighted by Crippen LogP contribution is 2.38. The van der Waals surface area contributed by atoms with Gasteiger partial charge in [0.1, 0.15) is 13.2 Å². The molecule has 0 aromatic rings. The number of hydrogen-bond donors (Lipinski definition) is 2. The molecule has 3 unspecified atom stereocenters. The van der Waals surface area contributed by atoms with Crippen LogP contribution in [-0.4, -0.2) is 68.5 Å². The van der Waals surface area contributed by atoms with Gasteiger partial charge in [-0.15, -0.1) is 0 Å². The molecule has 0 saturated carbocycles. The zero-order valence-corrected chi connectivity index (χ0v) is 34.6. The summed E-state index contributed by atoms with van der Waals surface area (Å²) in [5.74, 6) is -0.236. The lowest BCUT2D eigenvalue weighted by Gasteiger charge is -2.29. The highest BCUT2D eigenvalue weighted by Gasteiger charge is 2.23. The Hall–Kier alpha value is -2.06. The standard InChI is InChI=1S/C43H77N2O6P/c1-6-8-10-12-14-16-18-20-21-22-23-25-27-29-31-33-35-37-43(47)44-41(40-51-52(48,49)50-39-38-45(3,4)5)42(46)36-34-32-30-28-26-24-19-17-15-13-11-9-7-2/h8,10,14,16,20-21,23,25-26,28,34,36,41-42,46H,6-7,9,11-13,15,17-19,22,24,27,29-33,35,37-40H2,1-5H3,(H-,44,47,48,49)/b10-8-,16-14-,21-20-,25-23-,28-26+,36-34+. The number of amides is 1. The molecule has 0 aromatic heterocycles. The third-order valence-corrected chi connectivity index (χ3v) is 9.36. The summed E-state index contributed by atoms with van der Waals surface area (Å²) in [6, 6.07) is -0.918. The SMILES string of the molecule is CC/C=C\C/C=C\C/C=C\C/C=C\CCCCCCC(=O)NC(COP(=O)([O-])OCC[N+](C)(C)C)C(O)/C=C/CC/C=C/CCCCCCCCC. The van der Waals surface area contributed by atoms with Crippen molar-refractivity contribution in [1.29, 1.82) is 0 Å². The van der Waals surface area contributed by atoms with Gasteiger partial charge in [-0.3, -0.25) is 9.36 Å². The van der Waals surface area contributed by atoms with E-state index < -0.39 is 26.6 Å². The van der Waals surface area contributed by atoms with E-state index in [1.54, 1.807) is 6.08 Å². The van der Waals surface area contributed by atoms with E-state index in [0.29, 0.717) is 17.4 Å². The van der Waals surface area contributed by atoms with Crippen molar-refractivity contribution < 1.29 is 32.9 Å². The van der Waals surface area contributed by atoms with Crippen molar-refractivity contribution in [2.45, 2.75) is 154 Å². The van der Waals surface area contributed by atoms with Crippen LogP contribution in [0.25, 0.3) is 0 Å². The fraction of sp³-hybridized carbons (Fsp3) is 0.698. The molecule has 0 fully saturated rings. The molecule has 0 spiro atoms. The second-order valence-corrected chi connectivity index (χ2v) is 16.0. The highest BCUT2D eigenvalue weighted by atomic mass is 31.2. The number of aliphatic hydroxyl groups is 1. The minimum Gasteiger partial charge on any atom is -0.756 e. The number of unbranched alkanes of at least 4 members (excludes halogenated alkanes) is 12. The normalized spacial score (nSPS) is 15.3. The number of allylic oxidation sites excluding steroid dienone is 11. The lowest BCUT2D eigenvalue weighted by atomic mass is 10.1. The number of quaternary nitrogens is 1. The number of phosphoric ester groups is 1. The van der Waals surface area contributed by atoms with Crippen molar-refractivity contribution >= 4 is 13.7 Å². The molecule has 0 aromatic carbocycles. The quantitative estimate of drug-likeness (QED) is 0.0289. The van der Waals surface area contributed by atoms with E-state index in [4.69, 9.17) is 9.05 Å². The van der Waals surface area contributed by atoms with E-state index in [1.807, 2.05) is 27.2 Å². The van der Waals surface area contributed by atoms with Gasteiger partial charge in [-0.1, -0.05) is 138 Å². The number of likely N-dealkylation sites (N-methyl/N-ethyl adjacent to an activating group) is 1. The van der Waals surface area contributed by atoms with Crippen LogP contribution >= 0.6 is 7.82 Å². The zero-order valence-electron chi connectivity index (χ0n) is 33.7. The van der Waals surface area contributed by atoms with Gasteiger partial charge in [0.25, 0.3) is 7.82 Å². The molecule has 0 radical (unpaired) electrons. The third-order valence-electron chi connectivity index (χ3n) is 8.40. The molecule has 8 nitrogen and oxygen atoms in total. The minimum atomic E-state index is -4.60. The fourth-order valence-electron chi connectivity index (χ4n) is 5.16. The molecular weight excluding hydrogens is 671 g/mol. The summed E-state index contributed by atoms with van der Waals surface area (Å²) in [4.78, 5) is 25.2. The van der Waals surface area contributed by atoms with Crippen molar-refractivity contribution in [2.75, 3.05) is 40.9 Å². The van der Waals surface area contributed by atoms with Crippen LogP contribution in [-0.2, 0) is 18.4 Å². The summed E-state index contributed by atoms with van der Waals surface area (Å²) in [5, 5.41) is 13.7. The lowest BCUT2D eigenvalue weighted by Crippen LogP contribution is -2.45. The van der Waals surface area contributed by atoms with Crippen molar-refractivity contribution in [3.8, 4) is 0 Å². The van der Waals surface area contributed by atoms with E-state index in [9.17, 15) is 19.4 Å². The van der Waals surface area contributed by atoms with Gasteiger partial charge in [-0.25, -0.2) is 0 Å². The van der Waals surface area contributed by atoms with E-state index in [2.05, 4.69) is 79.9 Å². The summed E-state index contributed by atoms with van der Waals surface area (Å²) in [6.07, 6.45) is 45.2. The molecule has 0 aliphatic carbocycles. The minimum absolute atomic E-state index is 0.0154. The molecule has 0 saturated heterocycles. The molecule has 2 N–H and O–H groups in total. The average Bonchev–Trinajstić information content (AvgIpc) is 3.09. The zero-order chi connectivity index (χ0) is 38.6. The molecule has 52 heavy (non-hydrogen) atoms. The number of aliphatic hydroxyl groups excluding tert-OH is 1. The van der Waals surface area contributed by atoms with Crippen LogP contribution < -0.4 is 10.2 Å². The molecule has 300 valence electrons. The Labute approximate surface area is 319 Å². The Kier molecular flexibility index (Phi) is 33.3. The molecule has 3 atom stereocenters. The van der Waals surface area contributed by atoms with Crippen LogP contribution in [0.3, 0.4) is 0 Å². The van der Waals surface area contributed by atoms with E-state index in [1.165, 1.54) is 44.9 Å². The monoisotopic (exact) mass is 749 g/mol. The maximum absolute atomic E-state index is 12.8. The summed E-state index contributed by atoms with van der Waals surface area (Å²) >= 11 is 0. The smallest absolute Gasteiger partial charge is 0.268 e. The molecule has 0 bridgehead atoms. The maximum atomic E-state index is 12.8. The first-order valence-electron chi connectivity index (χ1n) is 20.3. The Balaban J connectivity index is 4.60. The van der Waals surface area contributed by atoms with Gasteiger partial charge < -0.3 is 28.8 Å². The van der Waals surface area contributed by atoms with Gasteiger partial charge in [-0.2, -0.15) is 0 Å². The van der Waals surface area contributed by atoms with Crippen molar-refractivity contribution in [3.63, 3.8) is 0 Å². The number of nitrogens with one attached hydrogen (secondary N) is 1. The van der Waals surface area contributed by atoms with Crippen LogP contribution in [0, 0.1) is 0 Å². The van der Waals surface area contributed by atoms with Crippen molar-refractivity contribution in [2.24, 2.45) is 0 Å². The first-order valence-corrected chi connectivity index (χ1v) is 21.8. The number of phosphoric acid groups is 1. The fourth-order valence-corrected chi connectivity index (χ4v) is 5.88. The van der Waals surface area contributed by atoms with Gasteiger partial charge in [0.2, 0.25) is 5.91 Å². The molecule has 0 heterocycles. The van der Waals surface area contributed by atoms with Gasteiger partial charge in [0.05, 0.1) is 39.9 Å². The Bertz CT molecular complexity index is 1080. The summed E-state index contributed by atoms with van der Waals surface area (Å²) in [7, 11) is 1.21. The first kappa shape index (κ1) is 49.9. The summed E-state index contributed by atoms with van der Waals surface area (Å²) < 4.78 is 23.1. The number of carbonyl (C=O) groups excluding carboxylic acids is 1. The van der Waals surface area contributed by atoms with Crippen LogP contribution in [0.5, 0.6) is 0 Å². The third kappa shape index (κ3) is 36.3. The van der Waals surface area contributed by atoms with Crippen LogP contribution in [0.4, 0.5) is 0 Å². The number of nitrogens with zero attached hydrogens (tertiary/aromatic N) is 1. The van der Waals surface area contributed by atoms with Gasteiger partial charge >= 0.3 is 0 Å². The van der Waals surface area contributed by atoms with Crippen molar-refractivity contribution in [1.82, 2.24) is 5.32 Å². The Morgan fingerprint density at radius 2 is 1.19 bits per heavy atom. The average molecular weight is 749 g/mol. The predicted molar refractivity (Wildman–Crippen MR) is 219 cm³/mol. The van der Waals surface area contributed by atoms with Crippen LogP contribution in [0.1, 0.15) is 142 Å². The molecule has 0 aliphatic rings. The maximum Gasteiger partial charge on any atom is 0.268 e. The second kappa shape index (κ2) is 34.7.